The van der Waals surface area contributed by atoms with Crippen LogP contribution in [0.25, 0.3) is 0 Å². The first-order valence-electron chi connectivity index (χ1n) is 7.18. The van der Waals surface area contributed by atoms with Gasteiger partial charge < -0.3 is 21.7 Å². The Morgan fingerprint density at radius 1 is 1.40 bits per heavy atom. The Kier molecular flexibility index (Phi) is 4.84. The Labute approximate surface area is 120 Å². The molecule has 2 rings (SSSR count). The predicted molar refractivity (Wildman–Crippen MR) is 82.7 cm³/mol. The molecule has 0 saturated carbocycles. The fourth-order valence-corrected chi connectivity index (χ4v) is 2.70. The van der Waals surface area contributed by atoms with Gasteiger partial charge in [-0.25, -0.2) is 0 Å². The van der Waals surface area contributed by atoms with Crippen molar-refractivity contribution in [1.29, 1.82) is 0 Å². The molecule has 5 N–H and O–H groups in total. The number of primary amides is 1. The number of nitrogens with two attached hydrogens (primary N) is 2. The van der Waals surface area contributed by atoms with Gasteiger partial charge >= 0.3 is 0 Å². The Balaban J connectivity index is 1.85. The zero-order valence-electron chi connectivity index (χ0n) is 12.1. The van der Waals surface area contributed by atoms with Gasteiger partial charge in [0.2, 0.25) is 0 Å². The van der Waals surface area contributed by atoms with Gasteiger partial charge in [0.25, 0.3) is 5.91 Å². The van der Waals surface area contributed by atoms with Gasteiger partial charge in [-0.1, -0.05) is 6.07 Å². The van der Waals surface area contributed by atoms with Crippen LogP contribution in [0.1, 0.15) is 29.6 Å². The van der Waals surface area contributed by atoms with Gasteiger partial charge in [-0.3, -0.25) is 4.79 Å². The van der Waals surface area contributed by atoms with Crippen molar-refractivity contribution >= 4 is 17.3 Å². The largest absolute Gasteiger partial charge is 0.396 e. The molecule has 1 fully saturated rings. The third-order valence-corrected chi connectivity index (χ3v) is 4.08. The summed E-state index contributed by atoms with van der Waals surface area (Å²) in [5.74, 6) is 0.292. The molecule has 0 atom stereocenters. The van der Waals surface area contributed by atoms with E-state index in [4.69, 9.17) is 11.5 Å². The minimum absolute atomic E-state index is 0.384. The quantitative estimate of drug-likeness (QED) is 0.712. The average molecular weight is 276 g/mol. The standard InChI is InChI=1S/C15H24N4O/c1-19-9-6-11(7-10-19)5-8-18-13-4-2-3-12(14(13)16)15(17)20/h2-4,11,18H,5-10,16H2,1H3,(H2,17,20). The number of para-hydroxylation sites is 1. The first-order chi connectivity index (χ1) is 9.58. The fraction of sp³-hybridized carbons (Fsp3) is 0.533. The molecule has 1 amide bonds. The van der Waals surface area contributed by atoms with Crippen LogP contribution < -0.4 is 16.8 Å². The lowest BCUT2D eigenvalue weighted by Crippen LogP contribution is -2.30. The average Bonchev–Trinajstić information content (AvgIpc) is 2.42. The van der Waals surface area contributed by atoms with Gasteiger partial charge in [0.1, 0.15) is 0 Å². The van der Waals surface area contributed by atoms with Gasteiger partial charge in [-0.2, -0.15) is 0 Å². The van der Waals surface area contributed by atoms with Gasteiger partial charge in [-0.15, -0.1) is 0 Å². The van der Waals surface area contributed by atoms with Crippen LogP contribution in [0.15, 0.2) is 18.2 Å². The first-order valence-corrected chi connectivity index (χ1v) is 7.18. The number of hydrogen-bond acceptors (Lipinski definition) is 4. The highest BCUT2D eigenvalue weighted by atomic mass is 16.1. The van der Waals surface area contributed by atoms with E-state index in [1.165, 1.54) is 25.9 Å². The van der Waals surface area contributed by atoms with Crippen molar-refractivity contribution in [3.63, 3.8) is 0 Å². The first kappa shape index (κ1) is 14.7. The van der Waals surface area contributed by atoms with E-state index in [-0.39, 0.29) is 0 Å². The Morgan fingerprint density at radius 3 is 2.75 bits per heavy atom. The van der Waals surface area contributed by atoms with E-state index in [2.05, 4.69) is 17.3 Å². The number of carbonyl (C=O) groups excluding carboxylic acids is 1. The normalized spacial score (nSPS) is 17.1. The van der Waals surface area contributed by atoms with Crippen LogP contribution in [0.2, 0.25) is 0 Å². The summed E-state index contributed by atoms with van der Waals surface area (Å²) in [4.78, 5) is 13.6. The smallest absolute Gasteiger partial charge is 0.250 e. The SMILES string of the molecule is CN1CCC(CCNc2cccc(C(N)=O)c2N)CC1. The van der Waals surface area contributed by atoms with Crippen molar-refractivity contribution in [1.82, 2.24) is 4.90 Å². The molecule has 0 radical (unpaired) electrons. The van der Waals surface area contributed by atoms with Gasteiger partial charge in [-0.05, 0) is 57.5 Å². The molecule has 1 aliphatic rings. The summed E-state index contributed by atoms with van der Waals surface area (Å²) in [5, 5.41) is 3.32. The summed E-state index contributed by atoms with van der Waals surface area (Å²) < 4.78 is 0. The molecule has 1 aromatic carbocycles. The van der Waals surface area contributed by atoms with E-state index in [1.54, 1.807) is 12.1 Å². The minimum atomic E-state index is -0.485. The molecule has 0 aromatic heterocycles. The number of benzene rings is 1. The summed E-state index contributed by atoms with van der Waals surface area (Å²) in [6.45, 7) is 3.24. The Hall–Kier alpha value is -1.75. The van der Waals surface area contributed by atoms with E-state index in [9.17, 15) is 4.79 Å². The molecular weight excluding hydrogens is 252 g/mol. The lowest BCUT2D eigenvalue weighted by Gasteiger charge is -2.29. The molecule has 5 heteroatoms. The summed E-state index contributed by atoms with van der Waals surface area (Å²) in [6.07, 6.45) is 3.65. The molecule has 0 aliphatic carbocycles. The van der Waals surface area contributed by atoms with Gasteiger partial charge in [0.05, 0.1) is 16.9 Å². The number of nitrogens with one attached hydrogen (secondary N) is 1. The van der Waals surface area contributed by atoms with E-state index in [1.807, 2.05) is 6.07 Å². The van der Waals surface area contributed by atoms with E-state index in [0.717, 1.165) is 24.6 Å². The number of piperidine rings is 1. The van der Waals surface area contributed by atoms with Gasteiger partial charge in [0, 0.05) is 6.54 Å². The second-order valence-electron chi connectivity index (χ2n) is 5.59. The second kappa shape index (κ2) is 6.61. The zero-order chi connectivity index (χ0) is 14.5. The molecule has 0 spiro atoms. The van der Waals surface area contributed by atoms with Crippen molar-refractivity contribution in [2.45, 2.75) is 19.3 Å². The molecule has 5 nitrogen and oxygen atoms in total. The van der Waals surface area contributed by atoms with Crippen LogP contribution >= 0.6 is 0 Å². The number of likely N-dealkylation sites (tertiary alicyclic amines) is 1. The highest BCUT2D eigenvalue weighted by Gasteiger charge is 2.16. The van der Waals surface area contributed by atoms with E-state index >= 15 is 0 Å². The van der Waals surface area contributed by atoms with Crippen LogP contribution in [0.5, 0.6) is 0 Å². The van der Waals surface area contributed by atoms with Crippen LogP contribution in [0, 0.1) is 5.92 Å². The predicted octanol–water partition coefficient (Wildman–Crippen LogP) is 1.51. The number of carbonyl (C=O) groups is 1. The molecule has 0 unspecified atom stereocenters. The van der Waals surface area contributed by atoms with Crippen molar-refractivity contribution < 1.29 is 4.79 Å². The van der Waals surface area contributed by atoms with E-state index in [0.29, 0.717) is 11.3 Å². The summed E-state index contributed by atoms with van der Waals surface area (Å²) in [7, 11) is 2.17. The molecule has 1 aromatic rings. The molecule has 0 bridgehead atoms. The number of nitrogens with zero attached hydrogens (tertiary/aromatic N) is 1. The Morgan fingerprint density at radius 2 is 2.10 bits per heavy atom. The molecule has 1 heterocycles. The highest BCUT2D eigenvalue weighted by molar-refractivity contribution is 6.00. The van der Waals surface area contributed by atoms with Crippen molar-refractivity contribution in [3.05, 3.63) is 23.8 Å². The summed E-state index contributed by atoms with van der Waals surface area (Å²) in [5.41, 5.74) is 12.9. The van der Waals surface area contributed by atoms with Crippen molar-refractivity contribution in [3.8, 4) is 0 Å². The number of rotatable bonds is 5. The van der Waals surface area contributed by atoms with E-state index < -0.39 is 5.91 Å². The minimum Gasteiger partial charge on any atom is -0.396 e. The highest BCUT2D eigenvalue weighted by Crippen LogP contribution is 2.24. The van der Waals surface area contributed by atoms with Crippen molar-refractivity contribution in [2.24, 2.45) is 11.7 Å². The monoisotopic (exact) mass is 276 g/mol. The van der Waals surface area contributed by atoms with Crippen molar-refractivity contribution in [2.75, 3.05) is 37.7 Å². The second-order valence-corrected chi connectivity index (χ2v) is 5.59. The molecule has 1 aliphatic heterocycles. The number of amides is 1. The van der Waals surface area contributed by atoms with Crippen LogP contribution in [-0.4, -0.2) is 37.5 Å². The Bertz CT molecular complexity index is 467. The molecule has 1 saturated heterocycles. The number of anilines is 2. The van der Waals surface area contributed by atoms with Gasteiger partial charge in [0.15, 0.2) is 0 Å². The molecule has 110 valence electrons. The zero-order valence-corrected chi connectivity index (χ0v) is 12.1. The third-order valence-electron chi connectivity index (χ3n) is 4.08. The number of hydrogen-bond donors (Lipinski definition) is 3. The third kappa shape index (κ3) is 3.63. The molecule has 20 heavy (non-hydrogen) atoms. The maximum atomic E-state index is 11.2. The van der Waals surface area contributed by atoms with Crippen LogP contribution in [-0.2, 0) is 0 Å². The fourth-order valence-electron chi connectivity index (χ4n) is 2.70. The van der Waals surface area contributed by atoms with Crippen LogP contribution in [0.4, 0.5) is 11.4 Å². The summed E-state index contributed by atoms with van der Waals surface area (Å²) in [6, 6.07) is 5.34. The maximum Gasteiger partial charge on any atom is 0.250 e. The lowest BCUT2D eigenvalue weighted by molar-refractivity contribution is 0.100. The summed E-state index contributed by atoms with van der Waals surface area (Å²) >= 11 is 0. The lowest BCUT2D eigenvalue weighted by atomic mass is 9.94. The molecular formula is C15H24N4O. The topological polar surface area (TPSA) is 84.4 Å². The number of nitrogen functional groups attached to an aromatic ring is 1. The maximum absolute atomic E-state index is 11.2. The van der Waals surface area contributed by atoms with Crippen LogP contribution in [0.3, 0.4) is 0 Å².